The number of fused-ring (bicyclic) bond motifs is 1. The van der Waals surface area contributed by atoms with Gasteiger partial charge in [-0.05, 0) is 12.1 Å². The third-order valence-electron chi connectivity index (χ3n) is 3.19. The Bertz CT molecular complexity index is 955. The average molecular weight is 282 g/mol. The van der Waals surface area contributed by atoms with E-state index < -0.39 is 11.2 Å². The van der Waals surface area contributed by atoms with Crippen molar-refractivity contribution in [1.29, 1.82) is 0 Å². The van der Waals surface area contributed by atoms with Gasteiger partial charge < -0.3 is 10.2 Å². The van der Waals surface area contributed by atoms with Crippen LogP contribution in [-0.2, 0) is 0 Å². The van der Waals surface area contributed by atoms with Gasteiger partial charge in [0.15, 0.2) is 5.78 Å². The molecule has 0 bridgehead atoms. The molecule has 0 aliphatic heterocycles. The van der Waals surface area contributed by atoms with Gasteiger partial charge in [0.05, 0.1) is 10.9 Å². The predicted octanol–water partition coefficient (Wildman–Crippen LogP) is 1.16. The number of nitrogens with zero attached hydrogens (tertiary/aromatic N) is 1. The van der Waals surface area contributed by atoms with Gasteiger partial charge in [-0.1, -0.05) is 41.1 Å². The maximum absolute atomic E-state index is 12.5. The van der Waals surface area contributed by atoms with Crippen molar-refractivity contribution in [1.82, 2.24) is 9.71 Å². The maximum Gasteiger partial charge on any atom is 0.362 e. The average Bonchev–Trinajstić information content (AvgIpc) is 2.52. The van der Waals surface area contributed by atoms with Crippen molar-refractivity contribution in [3.63, 3.8) is 0 Å². The van der Waals surface area contributed by atoms with Crippen molar-refractivity contribution < 1.29 is 10.0 Å². The molecular formula is C15H10N2O4. The summed E-state index contributed by atoms with van der Waals surface area (Å²) < 4.78 is -0.0148. The summed E-state index contributed by atoms with van der Waals surface area (Å²) in [4.78, 5) is 38.2. The number of aromatic nitrogens is 2. The van der Waals surface area contributed by atoms with E-state index in [0.717, 1.165) is 0 Å². The highest BCUT2D eigenvalue weighted by molar-refractivity contribution is 6.15. The zero-order valence-corrected chi connectivity index (χ0v) is 10.7. The SMILES string of the molecule is O=C(c1ccccc1)c1cccc2c(=O)n(O)c(=O)[nH]c12. The fourth-order valence-corrected chi connectivity index (χ4v) is 2.17. The minimum Gasteiger partial charge on any atom is -0.421 e. The smallest absolute Gasteiger partial charge is 0.362 e. The fourth-order valence-electron chi connectivity index (χ4n) is 2.17. The molecule has 6 heteroatoms. The quantitative estimate of drug-likeness (QED) is 0.545. The fraction of sp³-hybridized carbons (Fsp3) is 0. The summed E-state index contributed by atoms with van der Waals surface area (Å²) >= 11 is 0. The molecule has 0 aliphatic rings. The van der Waals surface area contributed by atoms with Crippen LogP contribution in [0.25, 0.3) is 10.9 Å². The normalized spacial score (nSPS) is 10.7. The van der Waals surface area contributed by atoms with Gasteiger partial charge in [0.1, 0.15) is 0 Å². The monoisotopic (exact) mass is 282 g/mol. The maximum atomic E-state index is 12.5. The molecule has 0 saturated carbocycles. The molecule has 1 aromatic heterocycles. The molecule has 3 rings (SSSR count). The molecule has 0 aliphatic carbocycles. The number of carbonyl (C=O) groups is 1. The van der Waals surface area contributed by atoms with Gasteiger partial charge in [0.25, 0.3) is 5.56 Å². The summed E-state index contributed by atoms with van der Waals surface area (Å²) in [6.07, 6.45) is 0. The van der Waals surface area contributed by atoms with E-state index in [4.69, 9.17) is 0 Å². The molecule has 0 amide bonds. The Kier molecular flexibility index (Phi) is 2.91. The Morgan fingerprint density at radius 2 is 1.71 bits per heavy atom. The molecule has 2 N–H and O–H groups in total. The lowest BCUT2D eigenvalue weighted by molar-refractivity contribution is 0.104. The van der Waals surface area contributed by atoms with Crippen LogP contribution in [0.15, 0.2) is 58.1 Å². The van der Waals surface area contributed by atoms with Gasteiger partial charge in [-0.2, -0.15) is 0 Å². The van der Waals surface area contributed by atoms with Crippen molar-refractivity contribution in [2.45, 2.75) is 0 Å². The number of aromatic amines is 1. The van der Waals surface area contributed by atoms with Crippen LogP contribution in [0.2, 0.25) is 0 Å². The van der Waals surface area contributed by atoms with Crippen LogP contribution in [0.4, 0.5) is 0 Å². The van der Waals surface area contributed by atoms with E-state index in [2.05, 4.69) is 4.98 Å². The van der Waals surface area contributed by atoms with E-state index in [1.54, 1.807) is 30.3 Å². The zero-order valence-electron chi connectivity index (χ0n) is 10.7. The van der Waals surface area contributed by atoms with Crippen molar-refractivity contribution in [2.75, 3.05) is 0 Å². The lowest BCUT2D eigenvalue weighted by atomic mass is 10.0. The van der Waals surface area contributed by atoms with Crippen LogP contribution >= 0.6 is 0 Å². The standard InChI is InChI=1S/C15H10N2O4/c18-13(9-5-2-1-3-6-9)10-7-4-8-11-12(10)16-15(20)17(21)14(11)19/h1-8,21H,(H,16,20). The van der Waals surface area contributed by atoms with Crippen molar-refractivity contribution in [3.8, 4) is 0 Å². The molecule has 2 aromatic carbocycles. The molecular weight excluding hydrogens is 272 g/mol. The van der Waals surface area contributed by atoms with Gasteiger partial charge in [0, 0.05) is 11.1 Å². The lowest BCUT2D eigenvalue weighted by Gasteiger charge is -2.06. The Balaban J connectivity index is 2.32. The number of ketones is 1. The summed E-state index contributed by atoms with van der Waals surface area (Å²) in [5.74, 6) is -0.313. The van der Waals surface area contributed by atoms with Gasteiger partial charge in [-0.15, -0.1) is 0 Å². The van der Waals surface area contributed by atoms with Gasteiger partial charge in [-0.25, -0.2) is 4.79 Å². The summed E-state index contributed by atoms with van der Waals surface area (Å²) in [6, 6.07) is 13.0. The van der Waals surface area contributed by atoms with Crippen LogP contribution in [0, 0.1) is 0 Å². The third-order valence-corrected chi connectivity index (χ3v) is 3.19. The highest BCUT2D eigenvalue weighted by Gasteiger charge is 2.15. The summed E-state index contributed by atoms with van der Waals surface area (Å²) in [5, 5.41) is 9.39. The van der Waals surface area contributed by atoms with E-state index in [1.807, 2.05) is 0 Å². The van der Waals surface area contributed by atoms with E-state index in [0.29, 0.717) is 5.56 Å². The molecule has 0 unspecified atom stereocenters. The number of benzene rings is 2. The number of carbonyl (C=O) groups excluding carboxylic acids is 1. The van der Waals surface area contributed by atoms with Crippen LogP contribution in [-0.4, -0.2) is 20.7 Å². The molecule has 0 radical (unpaired) electrons. The molecule has 21 heavy (non-hydrogen) atoms. The first kappa shape index (κ1) is 12.9. The summed E-state index contributed by atoms with van der Waals surface area (Å²) in [7, 11) is 0. The first-order valence-electron chi connectivity index (χ1n) is 6.16. The number of H-pyrrole nitrogens is 1. The molecule has 104 valence electrons. The van der Waals surface area contributed by atoms with Gasteiger partial charge in [-0.3, -0.25) is 9.59 Å². The Labute approximate surface area is 117 Å². The number of para-hydroxylation sites is 1. The minimum absolute atomic E-state index is 0.0148. The molecule has 6 nitrogen and oxygen atoms in total. The zero-order chi connectivity index (χ0) is 15.0. The molecule has 0 spiro atoms. The van der Waals surface area contributed by atoms with Crippen LogP contribution in [0.3, 0.4) is 0 Å². The Morgan fingerprint density at radius 3 is 2.43 bits per heavy atom. The molecule has 3 aromatic rings. The van der Waals surface area contributed by atoms with Crippen molar-refractivity contribution in [2.24, 2.45) is 0 Å². The van der Waals surface area contributed by atoms with Crippen LogP contribution in [0.1, 0.15) is 15.9 Å². The second-order valence-electron chi connectivity index (χ2n) is 4.47. The highest BCUT2D eigenvalue weighted by atomic mass is 16.5. The van der Waals surface area contributed by atoms with Gasteiger partial charge >= 0.3 is 5.69 Å². The highest BCUT2D eigenvalue weighted by Crippen LogP contribution is 2.16. The topological polar surface area (TPSA) is 92.2 Å². The Hall–Kier alpha value is -3.15. The second-order valence-corrected chi connectivity index (χ2v) is 4.47. The molecule has 0 fully saturated rings. The second kappa shape index (κ2) is 4.75. The number of nitrogens with one attached hydrogen (secondary N) is 1. The van der Waals surface area contributed by atoms with Crippen LogP contribution < -0.4 is 11.2 Å². The Morgan fingerprint density at radius 1 is 1.00 bits per heavy atom. The summed E-state index contributed by atoms with van der Waals surface area (Å²) in [6.45, 7) is 0. The van der Waals surface area contributed by atoms with Crippen molar-refractivity contribution >= 4 is 16.7 Å². The number of hydrogen-bond acceptors (Lipinski definition) is 4. The first-order chi connectivity index (χ1) is 10.1. The molecule has 0 saturated heterocycles. The first-order valence-corrected chi connectivity index (χ1v) is 6.16. The van der Waals surface area contributed by atoms with Crippen LogP contribution in [0.5, 0.6) is 0 Å². The van der Waals surface area contributed by atoms with E-state index in [1.165, 1.54) is 18.2 Å². The van der Waals surface area contributed by atoms with E-state index in [9.17, 15) is 19.6 Å². The van der Waals surface area contributed by atoms with Gasteiger partial charge in [0.2, 0.25) is 0 Å². The minimum atomic E-state index is -0.985. The number of hydrogen-bond donors (Lipinski definition) is 2. The third kappa shape index (κ3) is 2.02. The molecule has 1 heterocycles. The number of rotatable bonds is 2. The largest absolute Gasteiger partial charge is 0.421 e. The predicted molar refractivity (Wildman–Crippen MR) is 75.9 cm³/mol. The van der Waals surface area contributed by atoms with E-state index >= 15 is 0 Å². The van der Waals surface area contributed by atoms with Crippen molar-refractivity contribution in [3.05, 3.63) is 80.5 Å². The lowest BCUT2D eigenvalue weighted by Crippen LogP contribution is -2.33. The van der Waals surface area contributed by atoms with E-state index in [-0.39, 0.29) is 27.0 Å². The molecule has 0 atom stereocenters. The summed E-state index contributed by atoms with van der Waals surface area (Å²) in [5.41, 5.74) is -1.09.